The van der Waals surface area contributed by atoms with Gasteiger partial charge in [0.25, 0.3) is 0 Å². The van der Waals surface area contributed by atoms with Crippen molar-refractivity contribution in [1.29, 1.82) is 5.26 Å². The molecular formula is C43H43N5S. The number of thiazole rings is 1. The zero-order valence-corrected chi connectivity index (χ0v) is 30.1. The number of nitriles is 1. The topological polar surface area (TPSA) is 46.4 Å². The number of anilines is 5. The summed E-state index contributed by atoms with van der Waals surface area (Å²) in [5, 5.41) is 11.2. The average Bonchev–Trinajstić information content (AvgIpc) is 3.53. The molecule has 1 atom stereocenters. The number of aromatic nitrogens is 1. The van der Waals surface area contributed by atoms with Crippen LogP contribution >= 0.6 is 11.3 Å². The lowest BCUT2D eigenvalue weighted by molar-refractivity contribution is 0.228. The Morgan fingerprint density at radius 2 is 1.31 bits per heavy atom. The largest absolute Gasteiger partial charge is 0.378 e. The fraction of sp³-hybridized carbons (Fsp3) is 0.256. The van der Waals surface area contributed by atoms with Crippen LogP contribution in [0, 0.1) is 22.7 Å². The number of hydrogen-bond acceptors (Lipinski definition) is 6. The SMILES string of the molecule is CN(C)c1ccc(N(c2ccc(C3=CC4=C/C(=C(\C#N)c5nc6ccccc6s5)CC(C)(C)C4CC3)cc2)c2ccc(N(C)C)cc2)cc1. The van der Waals surface area contributed by atoms with Gasteiger partial charge in [0.05, 0.1) is 15.8 Å². The molecule has 0 fully saturated rings. The third-order valence-corrected chi connectivity index (χ3v) is 11.1. The molecule has 6 heteroatoms. The van der Waals surface area contributed by atoms with Crippen LogP contribution in [0.1, 0.15) is 43.7 Å². The summed E-state index contributed by atoms with van der Waals surface area (Å²) in [5.74, 6) is 0.459. The molecule has 0 spiro atoms. The average molecular weight is 662 g/mol. The molecule has 5 nitrogen and oxygen atoms in total. The quantitative estimate of drug-likeness (QED) is 0.162. The van der Waals surface area contributed by atoms with Gasteiger partial charge in [-0.05, 0) is 126 Å². The standard InChI is InChI=1S/C43H43N5S/c1-43(2)27-32(38(28-44)42-45-40-9-7-8-10-41(40)49-42)26-31-25-30(13-24-39(31)43)29-11-14-35(15-12-29)48(36-20-16-33(17-21-36)46(3)4)37-22-18-34(19-23-37)47(5)6/h7-12,14-23,25-26,39H,13,24,27H2,1-6H3/b38-32-. The molecule has 0 bridgehead atoms. The molecule has 2 aliphatic carbocycles. The van der Waals surface area contributed by atoms with Crippen molar-refractivity contribution >= 4 is 61.1 Å². The minimum Gasteiger partial charge on any atom is -0.378 e. The van der Waals surface area contributed by atoms with Gasteiger partial charge < -0.3 is 14.7 Å². The molecular weight excluding hydrogens is 619 g/mol. The normalized spacial score (nSPS) is 17.8. The van der Waals surface area contributed by atoms with Gasteiger partial charge in [0.15, 0.2) is 0 Å². The van der Waals surface area contributed by atoms with E-state index in [1.165, 1.54) is 28.1 Å². The summed E-state index contributed by atoms with van der Waals surface area (Å²) in [6.45, 7) is 4.72. The highest BCUT2D eigenvalue weighted by atomic mass is 32.1. The van der Waals surface area contributed by atoms with Gasteiger partial charge in [-0.3, -0.25) is 0 Å². The second-order valence-corrected chi connectivity index (χ2v) is 15.3. The van der Waals surface area contributed by atoms with Crippen LogP contribution in [0.2, 0.25) is 0 Å². The molecule has 1 heterocycles. The summed E-state index contributed by atoms with van der Waals surface area (Å²) in [6.07, 6.45) is 7.71. The minimum atomic E-state index is 0.0504. The summed E-state index contributed by atoms with van der Waals surface area (Å²) in [6, 6.07) is 37.2. The molecule has 0 radical (unpaired) electrons. The van der Waals surface area contributed by atoms with Crippen molar-refractivity contribution in [2.24, 2.45) is 11.3 Å². The van der Waals surface area contributed by atoms with E-state index in [0.29, 0.717) is 11.5 Å². The second kappa shape index (κ2) is 13.1. The second-order valence-electron chi connectivity index (χ2n) is 14.3. The number of fused-ring (bicyclic) bond motifs is 2. The van der Waals surface area contributed by atoms with E-state index in [4.69, 9.17) is 4.98 Å². The molecule has 0 amide bonds. The maximum atomic E-state index is 10.4. The van der Waals surface area contributed by atoms with Gasteiger partial charge in [-0.2, -0.15) is 5.26 Å². The lowest BCUT2D eigenvalue weighted by atomic mass is 9.62. The lowest BCUT2D eigenvalue weighted by Gasteiger charge is -2.42. The van der Waals surface area contributed by atoms with Gasteiger partial charge in [-0.1, -0.05) is 50.3 Å². The predicted molar refractivity (Wildman–Crippen MR) is 209 cm³/mol. The summed E-state index contributed by atoms with van der Waals surface area (Å²) in [7, 11) is 8.28. The van der Waals surface area contributed by atoms with E-state index in [2.05, 4.69) is 154 Å². The Labute approximate surface area is 294 Å². The summed E-state index contributed by atoms with van der Waals surface area (Å²) in [5.41, 5.74) is 12.4. The van der Waals surface area contributed by atoms with E-state index >= 15 is 0 Å². The number of para-hydroxylation sites is 1. The molecule has 0 saturated heterocycles. The van der Waals surface area contributed by atoms with E-state index in [1.807, 2.05) is 18.2 Å². The summed E-state index contributed by atoms with van der Waals surface area (Å²) >= 11 is 1.61. The van der Waals surface area contributed by atoms with Crippen molar-refractivity contribution in [2.45, 2.75) is 33.1 Å². The highest BCUT2D eigenvalue weighted by Gasteiger charge is 2.38. The molecule has 7 rings (SSSR count). The Bertz CT molecular complexity index is 2040. The van der Waals surface area contributed by atoms with Gasteiger partial charge in [-0.25, -0.2) is 4.98 Å². The van der Waals surface area contributed by atoms with Crippen LogP contribution in [0.5, 0.6) is 0 Å². The summed E-state index contributed by atoms with van der Waals surface area (Å²) in [4.78, 5) is 11.4. The van der Waals surface area contributed by atoms with Crippen LogP contribution < -0.4 is 14.7 Å². The first kappa shape index (κ1) is 32.4. The molecule has 1 unspecified atom stereocenters. The molecule has 4 aromatic carbocycles. The molecule has 5 aromatic rings. The maximum absolute atomic E-state index is 10.4. The zero-order valence-electron chi connectivity index (χ0n) is 29.2. The minimum absolute atomic E-state index is 0.0504. The third kappa shape index (κ3) is 6.39. The highest BCUT2D eigenvalue weighted by Crippen LogP contribution is 2.51. The van der Waals surface area contributed by atoms with E-state index < -0.39 is 0 Å². The first-order valence-electron chi connectivity index (χ1n) is 17.0. The smallest absolute Gasteiger partial charge is 0.135 e. The molecule has 0 aliphatic heterocycles. The number of nitrogens with zero attached hydrogens (tertiary/aromatic N) is 5. The Hall–Kier alpha value is -5.12. The van der Waals surface area contributed by atoms with Crippen LogP contribution in [-0.2, 0) is 0 Å². The van der Waals surface area contributed by atoms with Crippen molar-refractivity contribution < 1.29 is 0 Å². The fourth-order valence-corrected chi connectivity index (χ4v) is 8.38. The van der Waals surface area contributed by atoms with Crippen molar-refractivity contribution in [2.75, 3.05) is 42.9 Å². The number of hydrogen-bond donors (Lipinski definition) is 0. The molecule has 0 N–H and O–H groups in total. The Kier molecular flexibility index (Phi) is 8.64. The van der Waals surface area contributed by atoms with Crippen LogP contribution in [0.15, 0.2) is 120 Å². The van der Waals surface area contributed by atoms with Gasteiger partial charge >= 0.3 is 0 Å². The van der Waals surface area contributed by atoms with Crippen molar-refractivity contribution in [3.05, 3.63) is 131 Å². The predicted octanol–water partition coefficient (Wildman–Crippen LogP) is 11.0. The van der Waals surface area contributed by atoms with Crippen molar-refractivity contribution in [1.82, 2.24) is 4.98 Å². The lowest BCUT2D eigenvalue weighted by Crippen LogP contribution is -2.31. The fourth-order valence-electron chi connectivity index (χ4n) is 7.39. The Morgan fingerprint density at radius 3 is 1.86 bits per heavy atom. The number of allylic oxidation sites excluding steroid dienone is 6. The van der Waals surface area contributed by atoms with Gasteiger partial charge in [0, 0.05) is 56.6 Å². The van der Waals surface area contributed by atoms with E-state index in [0.717, 1.165) is 57.1 Å². The van der Waals surface area contributed by atoms with Gasteiger partial charge in [0.1, 0.15) is 11.1 Å². The van der Waals surface area contributed by atoms with E-state index in [1.54, 1.807) is 11.3 Å². The van der Waals surface area contributed by atoms with Gasteiger partial charge in [0.2, 0.25) is 0 Å². The van der Waals surface area contributed by atoms with Crippen LogP contribution in [-0.4, -0.2) is 33.2 Å². The first-order chi connectivity index (χ1) is 23.6. The number of benzene rings is 4. The Morgan fingerprint density at radius 1 is 0.755 bits per heavy atom. The first-order valence-corrected chi connectivity index (χ1v) is 17.8. The molecule has 49 heavy (non-hydrogen) atoms. The van der Waals surface area contributed by atoms with Gasteiger partial charge in [-0.15, -0.1) is 11.3 Å². The van der Waals surface area contributed by atoms with Crippen LogP contribution in [0.3, 0.4) is 0 Å². The van der Waals surface area contributed by atoms with Crippen molar-refractivity contribution in [3.63, 3.8) is 0 Å². The van der Waals surface area contributed by atoms with Crippen molar-refractivity contribution in [3.8, 4) is 6.07 Å². The summed E-state index contributed by atoms with van der Waals surface area (Å²) < 4.78 is 1.12. The highest BCUT2D eigenvalue weighted by molar-refractivity contribution is 7.19. The van der Waals surface area contributed by atoms with Crippen LogP contribution in [0.4, 0.5) is 28.4 Å². The monoisotopic (exact) mass is 661 g/mol. The molecule has 0 saturated carbocycles. The maximum Gasteiger partial charge on any atom is 0.135 e. The Balaban J connectivity index is 1.24. The molecule has 1 aromatic heterocycles. The van der Waals surface area contributed by atoms with E-state index in [9.17, 15) is 5.26 Å². The molecule has 2 aliphatic rings. The van der Waals surface area contributed by atoms with E-state index in [-0.39, 0.29) is 5.41 Å². The third-order valence-electron chi connectivity index (χ3n) is 10.1. The number of rotatable bonds is 7. The zero-order chi connectivity index (χ0) is 34.3. The molecule has 246 valence electrons. The van der Waals surface area contributed by atoms with Crippen LogP contribution in [0.25, 0.3) is 21.4 Å².